The van der Waals surface area contributed by atoms with Gasteiger partial charge in [-0.2, -0.15) is 0 Å². The fourth-order valence-corrected chi connectivity index (χ4v) is 4.75. The predicted octanol–water partition coefficient (Wildman–Crippen LogP) is 4.35. The summed E-state index contributed by atoms with van der Waals surface area (Å²) in [5, 5.41) is 14.4. The second-order valence-electron chi connectivity index (χ2n) is 8.54. The van der Waals surface area contributed by atoms with E-state index in [0.717, 1.165) is 36.4 Å². The summed E-state index contributed by atoms with van der Waals surface area (Å²) in [6, 6.07) is 22.9. The normalized spacial score (nSPS) is 18.3. The molecule has 5 heteroatoms. The minimum atomic E-state index is -0.438. The number of hydrogen-bond acceptors (Lipinski definition) is 5. The Labute approximate surface area is 196 Å². The maximum absolute atomic E-state index is 10.8. The lowest BCUT2D eigenvalue weighted by molar-refractivity contribution is 0.119. The second kappa shape index (κ2) is 10.7. The Kier molecular flexibility index (Phi) is 7.53. The van der Waals surface area contributed by atoms with Gasteiger partial charge in [-0.15, -0.1) is 0 Å². The molecule has 0 heterocycles. The van der Waals surface area contributed by atoms with Gasteiger partial charge in [-0.25, -0.2) is 0 Å². The monoisotopic (exact) mass is 447 g/mol. The van der Waals surface area contributed by atoms with Crippen LogP contribution in [0, 0.1) is 0 Å². The summed E-state index contributed by atoms with van der Waals surface area (Å²) in [7, 11) is 4.98. The van der Waals surface area contributed by atoms with Crippen LogP contribution in [0.25, 0.3) is 0 Å². The molecule has 3 aromatic carbocycles. The minimum Gasteiger partial charge on any atom is -0.497 e. The number of aliphatic hydroxyl groups excluding tert-OH is 1. The highest BCUT2D eigenvalue weighted by Gasteiger charge is 2.28. The molecular weight excluding hydrogens is 414 g/mol. The van der Waals surface area contributed by atoms with Crippen LogP contribution in [0.3, 0.4) is 0 Å². The van der Waals surface area contributed by atoms with Gasteiger partial charge in [0, 0.05) is 18.4 Å². The third-order valence-corrected chi connectivity index (χ3v) is 6.60. The Hall–Kier alpha value is -3.02. The van der Waals surface area contributed by atoms with Gasteiger partial charge in [0.2, 0.25) is 0 Å². The lowest BCUT2D eigenvalue weighted by Gasteiger charge is -2.32. The van der Waals surface area contributed by atoms with Crippen molar-refractivity contribution in [1.82, 2.24) is 5.32 Å². The molecule has 4 rings (SSSR count). The summed E-state index contributed by atoms with van der Waals surface area (Å²) in [6.45, 7) is 0.802. The van der Waals surface area contributed by atoms with Crippen LogP contribution in [0.1, 0.15) is 34.6 Å². The first kappa shape index (κ1) is 23.1. The molecule has 0 saturated carbocycles. The van der Waals surface area contributed by atoms with E-state index < -0.39 is 6.10 Å². The van der Waals surface area contributed by atoms with E-state index in [9.17, 15) is 5.11 Å². The van der Waals surface area contributed by atoms with Crippen molar-refractivity contribution in [2.45, 2.75) is 37.3 Å². The zero-order valence-electron chi connectivity index (χ0n) is 19.6. The van der Waals surface area contributed by atoms with Crippen LogP contribution in [0.2, 0.25) is 0 Å². The molecule has 5 nitrogen and oxygen atoms in total. The first-order valence-corrected chi connectivity index (χ1v) is 11.5. The molecule has 0 aliphatic heterocycles. The number of ether oxygens (including phenoxy) is 3. The molecule has 0 bridgehead atoms. The number of aliphatic hydroxyl groups is 1. The van der Waals surface area contributed by atoms with Gasteiger partial charge in [0.05, 0.1) is 27.4 Å². The average Bonchev–Trinajstić information content (AvgIpc) is 2.86. The van der Waals surface area contributed by atoms with Crippen LogP contribution in [0.4, 0.5) is 0 Å². The molecular formula is C28H33NO4. The Morgan fingerprint density at radius 1 is 0.818 bits per heavy atom. The molecule has 0 spiro atoms. The molecule has 0 fully saturated rings. The molecule has 33 heavy (non-hydrogen) atoms. The van der Waals surface area contributed by atoms with E-state index in [-0.39, 0.29) is 12.0 Å². The predicted molar refractivity (Wildman–Crippen MR) is 131 cm³/mol. The van der Waals surface area contributed by atoms with Crippen LogP contribution in [-0.2, 0) is 12.8 Å². The highest BCUT2D eigenvalue weighted by molar-refractivity contribution is 5.49. The van der Waals surface area contributed by atoms with Crippen molar-refractivity contribution in [2.75, 3.05) is 27.9 Å². The van der Waals surface area contributed by atoms with E-state index in [1.807, 2.05) is 30.3 Å². The quantitative estimate of drug-likeness (QED) is 0.511. The van der Waals surface area contributed by atoms with Gasteiger partial charge in [-0.1, -0.05) is 42.5 Å². The van der Waals surface area contributed by atoms with Crippen LogP contribution in [0.15, 0.2) is 66.7 Å². The number of fused-ring (bicyclic) bond motifs is 1. The maximum atomic E-state index is 10.8. The number of hydrogen-bond donors (Lipinski definition) is 2. The number of methoxy groups -OCH3 is 3. The highest BCUT2D eigenvalue weighted by atomic mass is 16.5. The molecule has 0 amide bonds. The van der Waals surface area contributed by atoms with Crippen LogP contribution < -0.4 is 19.5 Å². The Morgan fingerprint density at radius 3 is 2.03 bits per heavy atom. The maximum Gasteiger partial charge on any atom is 0.161 e. The topological polar surface area (TPSA) is 60.0 Å². The number of nitrogens with one attached hydrogen (secondary N) is 1. The van der Waals surface area contributed by atoms with E-state index >= 15 is 0 Å². The first-order valence-electron chi connectivity index (χ1n) is 11.5. The van der Waals surface area contributed by atoms with Gasteiger partial charge >= 0.3 is 0 Å². The molecule has 3 aromatic rings. The van der Waals surface area contributed by atoms with Gasteiger partial charge in [-0.3, -0.25) is 0 Å². The molecule has 2 N–H and O–H groups in total. The summed E-state index contributed by atoms with van der Waals surface area (Å²) in [4.78, 5) is 0. The second-order valence-corrected chi connectivity index (χ2v) is 8.54. The van der Waals surface area contributed by atoms with Crippen molar-refractivity contribution < 1.29 is 19.3 Å². The van der Waals surface area contributed by atoms with Crippen molar-refractivity contribution in [3.63, 3.8) is 0 Å². The third kappa shape index (κ3) is 5.32. The van der Waals surface area contributed by atoms with Crippen molar-refractivity contribution in [3.8, 4) is 17.2 Å². The molecule has 1 aliphatic carbocycles. The first-order chi connectivity index (χ1) is 16.1. The van der Waals surface area contributed by atoms with Gasteiger partial charge in [0.25, 0.3) is 0 Å². The zero-order chi connectivity index (χ0) is 23.2. The van der Waals surface area contributed by atoms with Crippen molar-refractivity contribution in [1.29, 1.82) is 0 Å². The smallest absolute Gasteiger partial charge is 0.161 e. The molecule has 174 valence electrons. The molecule has 0 saturated heterocycles. The van der Waals surface area contributed by atoms with Crippen LogP contribution in [0.5, 0.6) is 17.2 Å². The van der Waals surface area contributed by atoms with Crippen LogP contribution >= 0.6 is 0 Å². The van der Waals surface area contributed by atoms with E-state index in [4.69, 9.17) is 14.2 Å². The van der Waals surface area contributed by atoms with E-state index in [1.165, 1.54) is 16.7 Å². The van der Waals surface area contributed by atoms with Gasteiger partial charge in [0.1, 0.15) is 5.75 Å². The SMILES string of the molecule is COc1ccc(C(CCN[C@@H]2Cc3cc(OC)c(OC)cc3C[C@H]2O)c2ccccc2)cc1. The molecule has 1 unspecified atom stereocenters. The fourth-order valence-electron chi connectivity index (χ4n) is 4.75. The lowest BCUT2D eigenvalue weighted by Crippen LogP contribution is -2.46. The summed E-state index contributed by atoms with van der Waals surface area (Å²) >= 11 is 0. The summed E-state index contributed by atoms with van der Waals surface area (Å²) in [5.41, 5.74) is 4.87. The van der Waals surface area contributed by atoms with Crippen LogP contribution in [-0.4, -0.2) is 45.1 Å². The Morgan fingerprint density at radius 2 is 1.42 bits per heavy atom. The number of rotatable bonds is 9. The summed E-state index contributed by atoms with van der Waals surface area (Å²) in [5.74, 6) is 2.57. The third-order valence-electron chi connectivity index (χ3n) is 6.60. The van der Waals surface area contributed by atoms with Crippen molar-refractivity contribution in [3.05, 3.63) is 89.0 Å². The van der Waals surface area contributed by atoms with Crippen molar-refractivity contribution in [2.24, 2.45) is 0 Å². The van der Waals surface area contributed by atoms with E-state index in [2.05, 4.69) is 41.7 Å². The minimum absolute atomic E-state index is 0.00268. The fraction of sp³-hybridized carbons (Fsp3) is 0.357. The standard InChI is InChI=1S/C28H33NO4/c1-31-23-11-9-20(10-12-23)24(19-7-5-4-6-8-19)13-14-29-25-15-21-17-27(32-2)28(33-3)18-22(21)16-26(25)30/h4-12,17-18,24-26,29-30H,13-16H2,1-3H3/t24?,25-,26-/m1/s1. The summed E-state index contributed by atoms with van der Waals surface area (Å²) < 4.78 is 16.2. The molecule has 3 atom stereocenters. The average molecular weight is 448 g/mol. The Bertz CT molecular complexity index is 1040. The van der Waals surface area contributed by atoms with Gasteiger partial charge in [-0.05, 0) is 65.9 Å². The van der Waals surface area contributed by atoms with E-state index in [0.29, 0.717) is 12.2 Å². The summed E-state index contributed by atoms with van der Waals surface area (Å²) in [6.07, 6.45) is 1.86. The molecule has 1 aliphatic rings. The Balaban J connectivity index is 1.46. The molecule has 0 radical (unpaired) electrons. The number of benzene rings is 3. The van der Waals surface area contributed by atoms with Crippen molar-refractivity contribution >= 4 is 0 Å². The molecule has 0 aromatic heterocycles. The van der Waals surface area contributed by atoms with Gasteiger partial charge < -0.3 is 24.6 Å². The largest absolute Gasteiger partial charge is 0.497 e. The van der Waals surface area contributed by atoms with E-state index in [1.54, 1.807) is 21.3 Å². The highest BCUT2D eigenvalue weighted by Crippen LogP contribution is 2.34. The lowest BCUT2D eigenvalue weighted by atomic mass is 9.85. The van der Waals surface area contributed by atoms with Gasteiger partial charge in [0.15, 0.2) is 11.5 Å². The zero-order valence-corrected chi connectivity index (χ0v) is 19.6.